The van der Waals surface area contributed by atoms with Crippen LogP contribution in [0.15, 0.2) is 35.1 Å². The second-order valence-electron chi connectivity index (χ2n) is 3.50. The molecular formula is C11H13BrN2. The molecule has 2 nitrogen and oxygen atoms in total. The van der Waals surface area contributed by atoms with Gasteiger partial charge in [0.2, 0.25) is 0 Å². The summed E-state index contributed by atoms with van der Waals surface area (Å²) in [5.74, 6) is 0.859. The average molecular weight is 253 g/mol. The van der Waals surface area contributed by atoms with Crippen molar-refractivity contribution < 1.29 is 0 Å². The summed E-state index contributed by atoms with van der Waals surface area (Å²) in [4.78, 5) is 4.01. The van der Waals surface area contributed by atoms with E-state index in [0.29, 0.717) is 0 Å². The highest BCUT2D eigenvalue weighted by atomic mass is 79.9. The molecule has 1 aliphatic rings. The first-order chi connectivity index (χ1) is 6.86. The van der Waals surface area contributed by atoms with Crippen LogP contribution in [0, 0.1) is 5.92 Å². The third-order valence-electron chi connectivity index (χ3n) is 2.21. The second kappa shape index (κ2) is 4.60. The fourth-order valence-corrected chi connectivity index (χ4v) is 1.63. The lowest BCUT2D eigenvalue weighted by molar-refractivity contribution is 1.11. The molecule has 0 unspecified atom stereocenters. The van der Waals surface area contributed by atoms with Gasteiger partial charge >= 0.3 is 0 Å². The zero-order valence-electron chi connectivity index (χ0n) is 7.91. The third kappa shape index (κ3) is 2.84. The Morgan fingerprint density at radius 3 is 3.14 bits per heavy atom. The maximum absolute atomic E-state index is 4.01. The lowest BCUT2D eigenvalue weighted by atomic mass is 10.3. The van der Waals surface area contributed by atoms with Crippen LogP contribution in [0.25, 0.3) is 0 Å². The van der Waals surface area contributed by atoms with E-state index in [1.165, 1.54) is 12.8 Å². The average Bonchev–Trinajstić information content (AvgIpc) is 2.99. The molecule has 74 valence electrons. The van der Waals surface area contributed by atoms with E-state index in [-0.39, 0.29) is 0 Å². The summed E-state index contributed by atoms with van der Waals surface area (Å²) in [5, 5.41) is 3.32. The smallest absolute Gasteiger partial charge is 0.0590 e. The van der Waals surface area contributed by atoms with E-state index >= 15 is 0 Å². The molecule has 1 aromatic heterocycles. The molecule has 0 radical (unpaired) electrons. The molecule has 0 aromatic carbocycles. The number of allylic oxidation sites excluding steroid dienone is 1. The summed E-state index contributed by atoms with van der Waals surface area (Å²) in [7, 11) is 0. The summed E-state index contributed by atoms with van der Waals surface area (Å²) in [6, 6.07) is 1.97. The quantitative estimate of drug-likeness (QED) is 0.833. The van der Waals surface area contributed by atoms with Gasteiger partial charge in [0.15, 0.2) is 0 Å². The van der Waals surface area contributed by atoms with Crippen molar-refractivity contribution >= 4 is 21.6 Å². The van der Waals surface area contributed by atoms with Crippen molar-refractivity contribution in [2.75, 3.05) is 11.9 Å². The van der Waals surface area contributed by atoms with E-state index in [1.54, 1.807) is 12.4 Å². The fraction of sp³-hybridized carbons (Fsp3) is 0.364. The first kappa shape index (κ1) is 9.71. The minimum Gasteiger partial charge on any atom is -0.381 e. The van der Waals surface area contributed by atoms with Gasteiger partial charge in [-0.2, -0.15) is 0 Å². The molecule has 0 amide bonds. The number of nitrogens with zero attached hydrogens (tertiary/aromatic N) is 1. The maximum atomic E-state index is 4.01. The number of anilines is 1. The molecule has 1 N–H and O–H groups in total. The Bertz CT molecular complexity index is 332. The van der Waals surface area contributed by atoms with Crippen molar-refractivity contribution in [3.63, 3.8) is 0 Å². The van der Waals surface area contributed by atoms with E-state index in [2.05, 4.69) is 38.4 Å². The molecule has 1 aliphatic carbocycles. The molecule has 0 saturated heterocycles. The molecule has 1 saturated carbocycles. The first-order valence-corrected chi connectivity index (χ1v) is 5.65. The summed E-state index contributed by atoms with van der Waals surface area (Å²) >= 11 is 3.44. The van der Waals surface area contributed by atoms with Crippen LogP contribution in [-0.2, 0) is 0 Å². The van der Waals surface area contributed by atoms with Crippen LogP contribution >= 0.6 is 15.9 Å². The second-order valence-corrected chi connectivity index (χ2v) is 4.36. The van der Waals surface area contributed by atoms with Crippen molar-refractivity contribution in [2.45, 2.75) is 12.8 Å². The Labute approximate surface area is 92.6 Å². The summed E-state index contributed by atoms with van der Waals surface area (Å²) in [5.41, 5.74) is 1.10. The van der Waals surface area contributed by atoms with Crippen molar-refractivity contribution in [1.29, 1.82) is 0 Å². The van der Waals surface area contributed by atoms with Crippen LogP contribution < -0.4 is 5.32 Å². The molecule has 0 atom stereocenters. The minimum absolute atomic E-state index is 0.859. The molecular weight excluding hydrogens is 240 g/mol. The van der Waals surface area contributed by atoms with Crippen molar-refractivity contribution in [1.82, 2.24) is 4.98 Å². The van der Waals surface area contributed by atoms with Gasteiger partial charge in [0.25, 0.3) is 0 Å². The van der Waals surface area contributed by atoms with Gasteiger partial charge in [-0.1, -0.05) is 12.2 Å². The molecule has 0 aliphatic heterocycles. The van der Waals surface area contributed by atoms with E-state index in [0.717, 1.165) is 22.6 Å². The molecule has 1 fully saturated rings. The van der Waals surface area contributed by atoms with Gasteiger partial charge in [0.1, 0.15) is 0 Å². The van der Waals surface area contributed by atoms with Gasteiger partial charge in [-0.25, -0.2) is 0 Å². The molecule has 14 heavy (non-hydrogen) atoms. The van der Waals surface area contributed by atoms with Crippen LogP contribution in [-0.4, -0.2) is 11.5 Å². The Morgan fingerprint density at radius 2 is 2.43 bits per heavy atom. The summed E-state index contributed by atoms with van der Waals surface area (Å²) < 4.78 is 1.01. The van der Waals surface area contributed by atoms with Gasteiger partial charge in [0, 0.05) is 18.9 Å². The fourth-order valence-electron chi connectivity index (χ4n) is 1.24. The predicted molar refractivity (Wildman–Crippen MR) is 62.3 cm³/mol. The maximum Gasteiger partial charge on any atom is 0.0590 e. The van der Waals surface area contributed by atoms with E-state index < -0.39 is 0 Å². The molecule has 0 spiro atoms. The molecule has 1 aromatic rings. The van der Waals surface area contributed by atoms with Crippen LogP contribution in [0.2, 0.25) is 0 Å². The van der Waals surface area contributed by atoms with Crippen molar-refractivity contribution in [3.05, 3.63) is 35.1 Å². The van der Waals surface area contributed by atoms with Gasteiger partial charge < -0.3 is 5.32 Å². The summed E-state index contributed by atoms with van der Waals surface area (Å²) in [6.45, 7) is 0.888. The van der Waals surface area contributed by atoms with E-state index in [1.807, 2.05) is 6.07 Å². The highest BCUT2D eigenvalue weighted by Gasteiger charge is 2.16. The van der Waals surface area contributed by atoms with Gasteiger partial charge in [-0.3, -0.25) is 4.98 Å². The predicted octanol–water partition coefficient (Wildman–Crippen LogP) is 3.22. The highest BCUT2D eigenvalue weighted by Crippen LogP contribution is 2.29. The number of nitrogens with one attached hydrogen (secondary N) is 1. The Morgan fingerprint density at radius 1 is 1.57 bits per heavy atom. The number of aromatic nitrogens is 1. The van der Waals surface area contributed by atoms with Gasteiger partial charge in [-0.15, -0.1) is 0 Å². The lowest BCUT2D eigenvalue weighted by Gasteiger charge is -2.04. The normalized spacial score (nSPS) is 16.1. The first-order valence-electron chi connectivity index (χ1n) is 4.86. The SMILES string of the molecule is Brc1cnccc1NC/C=C/C1CC1. The zero-order chi connectivity index (χ0) is 9.80. The molecule has 1 heterocycles. The Balaban J connectivity index is 1.82. The van der Waals surface area contributed by atoms with Crippen LogP contribution in [0.1, 0.15) is 12.8 Å². The van der Waals surface area contributed by atoms with Crippen LogP contribution in [0.4, 0.5) is 5.69 Å². The third-order valence-corrected chi connectivity index (χ3v) is 2.84. The van der Waals surface area contributed by atoms with Crippen molar-refractivity contribution in [3.8, 4) is 0 Å². The molecule has 3 heteroatoms. The standard InChI is InChI=1S/C11H13BrN2/c12-10-8-13-7-5-11(10)14-6-1-2-9-3-4-9/h1-2,5,7-9H,3-4,6H2,(H,13,14)/b2-1+. The van der Waals surface area contributed by atoms with Crippen LogP contribution in [0.3, 0.4) is 0 Å². The summed E-state index contributed by atoms with van der Waals surface area (Å²) in [6.07, 6.45) is 10.8. The number of halogens is 1. The number of hydrogen-bond donors (Lipinski definition) is 1. The Kier molecular flexibility index (Phi) is 3.19. The topological polar surface area (TPSA) is 24.9 Å². The number of rotatable bonds is 4. The van der Waals surface area contributed by atoms with Gasteiger partial charge in [-0.05, 0) is 40.8 Å². The monoisotopic (exact) mass is 252 g/mol. The van der Waals surface area contributed by atoms with Crippen LogP contribution in [0.5, 0.6) is 0 Å². The number of pyridine rings is 1. The number of hydrogen-bond acceptors (Lipinski definition) is 2. The Hall–Kier alpha value is -0.830. The molecule has 2 rings (SSSR count). The van der Waals surface area contributed by atoms with E-state index in [9.17, 15) is 0 Å². The lowest BCUT2D eigenvalue weighted by Crippen LogP contribution is -1.98. The van der Waals surface area contributed by atoms with E-state index in [4.69, 9.17) is 0 Å². The minimum atomic E-state index is 0.859. The van der Waals surface area contributed by atoms with Crippen molar-refractivity contribution in [2.24, 2.45) is 5.92 Å². The van der Waals surface area contributed by atoms with Gasteiger partial charge in [0.05, 0.1) is 10.2 Å². The highest BCUT2D eigenvalue weighted by molar-refractivity contribution is 9.10. The largest absolute Gasteiger partial charge is 0.381 e. The molecule has 0 bridgehead atoms. The zero-order valence-corrected chi connectivity index (χ0v) is 9.50.